The van der Waals surface area contributed by atoms with E-state index >= 15 is 0 Å². The Kier molecular flexibility index (Phi) is 4.34. The summed E-state index contributed by atoms with van der Waals surface area (Å²) in [4.78, 5) is 4.58. The highest BCUT2D eigenvalue weighted by Gasteiger charge is 2.17. The molecule has 1 atom stereocenters. The van der Waals surface area contributed by atoms with Crippen LogP contribution in [0, 0.1) is 18.7 Å². The van der Waals surface area contributed by atoms with Gasteiger partial charge in [-0.1, -0.05) is 12.1 Å². The van der Waals surface area contributed by atoms with Gasteiger partial charge in [0.25, 0.3) is 0 Å². The Balaban J connectivity index is 1.74. The monoisotopic (exact) mass is 287 g/mol. The van der Waals surface area contributed by atoms with Crippen LogP contribution in [0.25, 0.3) is 0 Å². The van der Waals surface area contributed by atoms with Gasteiger partial charge in [-0.3, -0.25) is 0 Å². The first kappa shape index (κ1) is 14.3. The van der Waals surface area contributed by atoms with Crippen molar-refractivity contribution in [1.29, 1.82) is 0 Å². The summed E-state index contributed by atoms with van der Waals surface area (Å²) in [7, 11) is 0. The van der Waals surface area contributed by atoms with Gasteiger partial charge in [0, 0.05) is 24.9 Å². The summed E-state index contributed by atoms with van der Waals surface area (Å²) in [5, 5.41) is 3.46. The lowest BCUT2D eigenvalue weighted by atomic mass is 9.96. The highest BCUT2D eigenvalue weighted by molar-refractivity contribution is 5.18. The summed E-state index contributed by atoms with van der Waals surface area (Å²) in [6.45, 7) is 5.07. The van der Waals surface area contributed by atoms with Gasteiger partial charge in [-0.05, 0) is 56.5 Å². The number of rotatable bonds is 4. The molecule has 0 saturated carbocycles. The molecule has 2 heterocycles. The first-order valence-electron chi connectivity index (χ1n) is 7.68. The van der Waals surface area contributed by atoms with Crippen LogP contribution in [0.4, 0.5) is 4.39 Å². The fourth-order valence-corrected chi connectivity index (χ4v) is 3.02. The molecule has 1 aromatic heterocycles. The largest absolute Gasteiger partial charge is 0.328 e. The zero-order valence-electron chi connectivity index (χ0n) is 12.5. The normalized spacial score (nSPS) is 18.9. The third-order valence-electron chi connectivity index (χ3n) is 4.26. The Morgan fingerprint density at radius 3 is 2.86 bits per heavy atom. The van der Waals surface area contributed by atoms with E-state index in [4.69, 9.17) is 0 Å². The topological polar surface area (TPSA) is 29.9 Å². The van der Waals surface area contributed by atoms with E-state index in [1.165, 1.54) is 25.0 Å². The maximum atomic E-state index is 13.0. The van der Waals surface area contributed by atoms with Crippen molar-refractivity contribution in [2.45, 2.75) is 32.7 Å². The third-order valence-corrected chi connectivity index (χ3v) is 4.26. The van der Waals surface area contributed by atoms with Crippen molar-refractivity contribution in [1.82, 2.24) is 14.9 Å². The summed E-state index contributed by atoms with van der Waals surface area (Å²) in [6.07, 6.45) is 5.48. The highest BCUT2D eigenvalue weighted by atomic mass is 19.1. The second-order valence-electron chi connectivity index (χ2n) is 5.94. The molecule has 2 aromatic rings. The van der Waals surface area contributed by atoms with Gasteiger partial charge in [-0.15, -0.1) is 0 Å². The summed E-state index contributed by atoms with van der Waals surface area (Å²) in [6, 6.07) is 6.74. The van der Waals surface area contributed by atoms with Crippen LogP contribution in [-0.4, -0.2) is 22.6 Å². The van der Waals surface area contributed by atoms with Gasteiger partial charge >= 0.3 is 0 Å². The van der Waals surface area contributed by atoms with E-state index in [9.17, 15) is 4.39 Å². The maximum Gasteiger partial charge on any atom is 0.123 e. The van der Waals surface area contributed by atoms with E-state index in [0.29, 0.717) is 5.92 Å². The molecule has 1 saturated heterocycles. The Morgan fingerprint density at radius 2 is 2.14 bits per heavy atom. The van der Waals surface area contributed by atoms with Crippen molar-refractivity contribution < 1.29 is 4.39 Å². The second kappa shape index (κ2) is 6.39. The average molecular weight is 287 g/mol. The van der Waals surface area contributed by atoms with Gasteiger partial charge in [0.1, 0.15) is 11.6 Å². The van der Waals surface area contributed by atoms with Crippen LogP contribution in [-0.2, 0) is 13.0 Å². The Hall–Kier alpha value is -1.68. The molecule has 1 aliphatic heterocycles. The molecule has 0 spiro atoms. The lowest BCUT2D eigenvalue weighted by Gasteiger charge is -2.23. The van der Waals surface area contributed by atoms with Crippen LogP contribution in [0.15, 0.2) is 30.5 Å². The van der Waals surface area contributed by atoms with E-state index in [1.54, 1.807) is 0 Å². The number of hydrogen-bond acceptors (Lipinski definition) is 2. The lowest BCUT2D eigenvalue weighted by Crippen LogP contribution is -2.31. The van der Waals surface area contributed by atoms with Gasteiger partial charge in [0.05, 0.1) is 0 Å². The van der Waals surface area contributed by atoms with Crippen molar-refractivity contribution in [2.24, 2.45) is 5.92 Å². The van der Waals surface area contributed by atoms with E-state index in [2.05, 4.69) is 21.8 Å². The number of nitrogens with one attached hydrogen (secondary N) is 1. The van der Waals surface area contributed by atoms with E-state index in [-0.39, 0.29) is 5.82 Å². The molecular formula is C17H22FN3. The fraction of sp³-hybridized carbons (Fsp3) is 0.471. The minimum atomic E-state index is -0.186. The molecule has 3 nitrogen and oxygen atoms in total. The van der Waals surface area contributed by atoms with Crippen LogP contribution in [0.2, 0.25) is 0 Å². The predicted octanol–water partition coefficient (Wildman–Crippen LogP) is 2.92. The maximum absolute atomic E-state index is 13.0. The smallest absolute Gasteiger partial charge is 0.123 e. The van der Waals surface area contributed by atoms with Crippen molar-refractivity contribution in [3.05, 3.63) is 53.4 Å². The number of nitrogens with zero attached hydrogens (tertiary/aromatic N) is 2. The van der Waals surface area contributed by atoms with Gasteiger partial charge in [0.15, 0.2) is 0 Å². The van der Waals surface area contributed by atoms with Crippen molar-refractivity contribution in [3.8, 4) is 0 Å². The van der Waals surface area contributed by atoms with Crippen molar-refractivity contribution in [2.75, 3.05) is 13.1 Å². The number of benzene rings is 1. The molecule has 0 amide bonds. The molecule has 0 bridgehead atoms. The number of piperidine rings is 1. The molecule has 0 aliphatic carbocycles. The molecule has 1 aliphatic rings. The molecule has 4 heteroatoms. The molecule has 0 unspecified atom stereocenters. The Morgan fingerprint density at radius 1 is 1.33 bits per heavy atom. The third kappa shape index (κ3) is 3.50. The first-order valence-corrected chi connectivity index (χ1v) is 7.68. The lowest BCUT2D eigenvalue weighted by molar-refractivity contribution is 0.367. The highest BCUT2D eigenvalue weighted by Crippen LogP contribution is 2.18. The predicted molar refractivity (Wildman–Crippen MR) is 81.8 cm³/mol. The standard InChI is InChI=1S/C17H22FN3/c1-13-10-20-17(9-15-3-2-8-19-11-15)21(13)12-14-4-6-16(18)7-5-14/h4-7,10,15,19H,2-3,8-9,11-12H2,1H3/t15-/m1/s1. The number of aryl methyl sites for hydroxylation is 1. The minimum Gasteiger partial charge on any atom is -0.328 e. The van der Waals surface area contributed by atoms with Crippen LogP contribution in [0.5, 0.6) is 0 Å². The van der Waals surface area contributed by atoms with Gasteiger partial charge < -0.3 is 9.88 Å². The molecule has 1 N–H and O–H groups in total. The quantitative estimate of drug-likeness (QED) is 0.937. The SMILES string of the molecule is Cc1cnc(C[C@H]2CCCNC2)n1Cc1ccc(F)cc1. The van der Waals surface area contributed by atoms with E-state index in [1.807, 2.05) is 18.3 Å². The number of halogens is 1. The Labute approximate surface area is 125 Å². The molecule has 1 fully saturated rings. The van der Waals surface area contributed by atoms with Crippen molar-refractivity contribution >= 4 is 0 Å². The van der Waals surface area contributed by atoms with Gasteiger partial charge in [-0.25, -0.2) is 9.37 Å². The molecule has 3 rings (SSSR count). The van der Waals surface area contributed by atoms with Gasteiger partial charge in [-0.2, -0.15) is 0 Å². The molecule has 21 heavy (non-hydrogen) atoms. The van der Waals surface area contributed by atoms with Crippen LogP contribution in [0.1, 0.15) is 29.9 Å². The zero-order chi connectivity index (χ0) is 14.7. The van der Waals surface area contributed by atoms with Gasteiger partial charge in [0.2, 0.25) is 0 Å². The molecule has 112 valence electrons. The summed E-state index contributed by atoms with van der Waals surface area (Å²) < 4.78 is 15.3. The zero-order valence-corrected chi connectivity index (χ0v) is 12.5. The number of hydrogen-bond donors (Lipinski definition) is 1. The summed E-state index contributed by atoms with van der Waals surface area (Å²) in [5.41, 5.74) is 2.28. The van der Waals surface area contributed by atoms with Crippen LogP contribution >= 0.6 is 0 Å². The number of imidazole rings is 1. The molecule has 0 radical (unpaired) electrons. The summed E-state index contributed by atoms with van der Waals surface area (Å²) >= 11 is 0. The van der Waals surface area contributed by atoms with E-state index < -0.39 is 0 Å². The second-order valence-corrected chi connectivity index (χ2v) is 5.94. The first-order chi connectivity index (χ1) is 10.2. The van der Waals surface area contributed by atoms with Crippen LogP contribution in [0.3, 0.4) is 0 Å². The fourth-order valence-electron chi connectivity index (χ4n) is 3.02. The van der Waals surface area contributed by atoms with Crippen molar-refractivity contribution in [3.63, 3.8) is 0 Å². The number of aromatic nitrogens is 2. The minimum absolute atomic E-state index is 0.186. The van der Waals surface area contributed by atoms with Crippen LogP contribution < -0.4 is 5.32 Å². The molecular weight excluding hydrogens is 265 g/mol. The summed E-state index contributed by atoms with van der Waals surface area (Å²) in [5.74, 6) is 1.63. The molecule has 1 aromatic carbocycles. The van der Waals surface area contributed by atoms with E-state index in [0.717, 1.165) is 43.1 Å². The average Bonchev–Trinajstić information content (AvgIpc) is 2.84. The Bertz CT molecular complexity index is 583.